The monoisotopic (exact) mass is 261 g/mol. The van der Waals surface area contributed by atoms with Gasteiger partial charge < -0.3 is 0 Å². The number of hydrogen-bond acceptors (Lipinski definition) is 4. The molecular weight excluding hydrogens is 250 g/mol. The molecular formula is C12H11N3O2S. The van der Waals surface area contributed by atoms with Gasteiger partial charge in [-0.1, -0.05) is 12.8 Å². The molecule has 6 heteroatoms. The molecule has 0 atom stereocenters. The molecule has 5 nitrogen and oxygen atoms in total. The molecule has 1 aliphatic rings. The van der Waals surface area contributed by atoms with E-state index in [4.69, 9.17) is 5.26 Å². The van der Waals surface area contributed by atoms with Gasteiger partial charge in [0, 0.05) is 11.6 Å². The topological polar surface area (TPSA) is 73.2 Å². The van der Waals surface area contributed by atoms with Crippen LogP contribution in [0.3, 0.4) is 0 Å². The van der Waals surface area contributed by atoms with E-state index in [1.54, 1.807) is 0 Å². The first-order valence-corrected chi connectivity index (χ1v) is 5.85. The average molecular weight is 261 g/mol. The van der Waals surface area contributed by atoms with Crippen molar-refractivity contribution in [1.29, 1.82) is 5.26 Å². The van der Waals surface area contributed by atoms with Gasteiger partial charge in [0.2, 0.25) is 0 Å². The van der Waals surface area contributed by atoms with Gasteiger partial charge >= 0.3 is 6.03 Å². The van der Waals surface area contributed by atoms with E-state index < -0.39 is 11.9 Å². The fraction of sp³-hybridized carbons (Fsp3) is 0.250. The van der Waals surface area contributed by atoms with Crippen LogP contribution in [0.4, 0.5) is 4.79 Å². The molecule has 0 radical (unpaired) electrons. The molecule has 0 bridgehead atoms. The number of nitrogens with zero attached hydrogens (tertiary/aromatic N) is 2. The molecule has 92 valence electrons. The molecule has 3 amide bonds. The van der Waals surface area contributed by atoms with Crippen LogP contribution in [-0.2, 0) is 0 Å². The van der Waals surface area contributed by atoms with Crippen LogP contribution in [0.1, 0.15) is 28.8 Å². The van der Waals surface area contributed by atoms with Gasteiger partial charge in [0.05, 0.1) is 11.6 Å². The Labute approximate surface area is 110 Å². The first-order valence-electron chi connectivity index (χ1n) is 5.45. The summed E-state index contributed by atoms with van der Waals surface area (Å²) in [4.78, 5) is 23.3. The highest BCUT2D eigenvalue weighted by atomic mass is 32.1. The van der Waals surface area contributed by atoms with Crippen molar-refractivity contribution in [3.8, 4) is 6.07 Å². The standard InChI is InChI=1S/C12H11N3O2S/c13-7-8-1-3-9(4-2-8)11(16)14-12(17)15(18)10-5-6-10/h1-4,10,18H,5-6H2,(H,14,16,17). The number of nitriles is 1. The number of rotatable bonds is 2. The Hall–Kier alpha value is -2.00. The normalized spacial score (nSPS) is 13.6. The summed E-state index contributed by atoms with van der Waals surface area (Å²) in [6, 6.07) is 7.62. The molecule has 1 saturated carbocycles. The van der Waals surface area contributed by atoms with E-state index in [-0.39, 0.29) is 6.04 Å². The number of hydrogen-bond donors (Lipinski definition) is 2. The van der Waals surface area contributed by atoms with Crippen LogP contribution in [0.5, 0.6) is 0 Å². The summed E-state index contributed by atoms with van der Waals surface area (Å²) in [5.41, 5.74) is 0.798. The first kappa shape index (κ1) is 12.5. The Kier molecular flexibility index (Phi) is 3.53. The number of imide groups is 1. The van der Waals surface area contributed by atoms with Gasteiger partial charge in [0.1, 0.15) is 0 Å². The lowest BCUT2D eigenvalue weighted by atomic mass is 10.1. The van der Waals surface area contributed by atoms with E-state index in [0.29, 0.717) is 11.1 Å². The maximum absolute atomic E-state index is 11.7. The molecule has 1 fully saturated rings. The van der Waals surface area contributed by atoms with Gasteiger partial charge in [0.15, 0.2) is 0 Å². The maximum atomic E-state index is 11.7. The van der Waals surface area contributed by atoms with Crippen molar-refractivity contribution in [2.45, 2.75) is 18.9 Å². The zero-order valence-corrected chi connectivity index (χ0v) is 10.4. The van der Waals surface area contributed by atoms with Crippen molar-refractivity contribution < 1.29 is 9.59 Å². The third-order valence-corrected chi connectivity index (χ3v) is 3.11. The smallest absolute Gasteiger partial charge is 0.273 e. The van der Waals surface area contributed by atoms with E-state index in [0.717, 1.165) is 12.8 Å². The Morgan fingerprint density at radius 1 is 1.33 bits per heavy atom. The number of thiol groups is 1. The number of benzene rings is 1. The Morgan fingerprint density at radius 3 is 2.44 bits per heavy atom. The lowest BCUT2D eigenvalue weighted by Crippen LogP contribution is -2.39. The van der Waals surface area contributed by atoms with Crippen LogP contribution < -0.4 is 5.32 Å². The van der Waals surface area contributed by atoms with Crippen molar-refractivity contribution in [3.05, 3.63) is 35.4 Å². The number of nitrogens with one attached hydrogen (secondary N) is 1. The molecule has 0 aliphatic heterocycles. The summed E-state index contributed by atoms with van der Waals surface area (Å²) in [6.45, 7) is 0. The van der Waals surface area contributed by atoms with Crippen molar-refractivity contribution in [2.24, 2.45) is 0 Å². The molecule has 0 unspecified atom stereocenters. The zero-order chi connectivity index (χ0) is 13.1. The molecule has 0 heterocycles. The van der Waals surface area contributed by atoms with Gasteiger partial charge in [-0.15, -0.1) is 0 Å². The number of amides is 3. The highest BCUT2D eigenvalue weighted by molar-refractivity contribution is 7.78. The number of urea groups is 1. The molecule has 1 aromatic carbocycles. The quantitative estimate of drug-likeness (QED) is 0.796. The minimum absolute atomic E-state index is 0.127. The third kappa shape index (κ3) is 2.81. The predicted octanol–water partition coefficient (Wildman–Crippen LogP) is 1.72. The molecule has 0 spiro atoms. The van der Waals surface area contributed by atoms with Crippen LogP contribution in [0.2, 0.25) is 0 Å². The van der Waals surface area contributed by atoms with Gasteiger partial charge in [-0.3, -0.25) is 14.4 Å². The van der Waals surface area contributed by atoms with Crippen LogP contribution in [0, 0.1) is 11.3 Å². The second-order valence-electron chi connectivity index (χ2n) is 4.02. The Bertz CT molecular complexity index is 517. The van der Waals surface area contributed by atoms with Crippen LogP contribution in [0.15, 0.2) is 24.3 Å². The van der Waals surface area contributed by atoms with Crippen LogP contribution in [0.25, 0.3) is 0 Å². The van der Waals surface area contributed by atoms with E-state index >= 15 is 0 Å². The number of carbonyl (C=O) groups is 2. The van der Waals surface area contributed by atoms with Crippen molar-refractivity contribution in [2.75, 3.05) is 0 Å². The van der Waals surface area contributed by atoms with E-state index in [1.807, 2.05) is 6.07 Å². The molecule has 0 saturated heterocycles. The second kappa shape index (κ2) is 5.10. The fourth-order valence-corrected chi connectivity index (χ4v) is 1.69. The highest BCUT2D eigenvalue weighted by Gasteiger charge is 2.31. The first-order chi connectivity index (χ1) is 8.61. The summed E-state index contributed by atoms with van der Waals surface area (Å²) in [5, 5.41) is 10.9. The van der Waals surface area contributed by atoms with Crippen LogP contribution in [-0.4, -0.2) is 22.3 Å². The minimum atomic E-state index is -0.518. The van der Waals surface area contributed by atoms with Crippen molar-refractivity contribution in [1.82, 2.24) is 9.62 Å². The summed E-state index contributed by atoms with van der Waals surface area (Å²) < 4.78 is 1.24. The van der Waals surface area contributed by atoms with Crippen molar-refractivity contribution >= 4 is 24.8 Å². The van der Waals surface area contributed by atoms with Crippen molar-refractivity contribution in [3.63, 3.8) is 0 Å². The Morgan fingerprint density at radius 2 is 1.94 bits per heavy atom. The molecule has 18 heavy (non-hydrogen) atoms. The van der Waals surface area contributed by atoms with Gasteiger partial charge in [-0.2, -0.15) is 5.26 Å². The van der Waals surface area contributed by atoms with E-state index in [9.17, 15) is 9.59 Å². The zero-order valence-electron chi connectivity index (χ0n) is 9.46. The fourth-order valence-electron chi connectivity index (χ4n) is 1.41. The lowest BCUT2D eigenvalue weighted by molar-refractivity contribution is 0.0959. The summed E-state index contributed by atoms with van der Waals surface area (Å²) in [7, 11) is 0. The highest BCUT2D eigenvalue weighted by Crippen LogP contribution is 2.27. The van der Waals surface area contributed by atoms with Gasteiger partial charge in [0.25, 0.3) is 5.91 Å². The van der Waals surface area contributed by atoms with E-state index in [2.05, 4.69) is 18.1 Å². The molecule has 1 aromatic rings. The summed E-state index contributed by atoms with van der Waals surface area (Å²) in [5.74, 6) is -0.496. The maximum Gasteiger partial charge on any atom is 0.334 e. The predicted molar refractivity (Wildman–Crippen MR) is 67.9 cm³/mol. The summed E-state index contributed by atoms with van der Waals surface area (Å²) >= 11 is 4.03. The average Bonchev–Trinajstić information content (AvgIpc) is 3.22. The molecule has 2 rings (SSSR count). The molecule has 1 N–H and O–H groups in total. The molecule has 0 aromatic heterocycles. The largest absolute Gasteiger partial charge is 0.334 e. The Balaban J connectivity index is 1.98. The van der Waals surface area contributed by atoms with Gasteiger partial charge in [-0.05, 0) is 37.1 Å². The minimum Gasteiger partial charge on any atom is -0.273 e. The number of carbonyl (C=O) groups excluding carboxylic acids is 2. The SMILES string of the molecule is N#Cc1ccc(C(=O)NC(=O)N(S)C2CC2)cc1. The lowest BCUT2D eigenvalue weighted by Gasteiger charge is -2.14. The molecule has 1 aliphatic carbocycles. The van der Waals surface area contributed by atoms with E-state index in [1.165, 1.54) is 28.6 Å². The third-order valence-electron chi connectivity index (χ3n) is 2.60. The second-order valence-corrected chi connectivity index (χ2v) is 4.46. The van der Waals surface area contributed by atoms with Gasteiger partial charge in [-0.25, -0.2) is 4.79 Å². The summed E-state index contributed by atoms with van der Waals surface area (Å²) in [6.07, 6.45) is 1.84. The van der Waals surface area contributed by atoms with Crippen LogP contribution >= 0.6 is 12.8 Å².